The second-order valence-corrected chi connectivity index (χ2v) is 5.76. The van der Waals surface area contributed by atoms with Crippen LogP contribution in [0.3, 0.4) is 0 Å². The van der Waals surface area contributed by atoms with Crippen molar-refractivity contribution in [3.05, 3.63) is 53.4 Å². The zero-order valence-corrected chi connectivity index (χ0v) is 10.3. The third-order valence-corrected chi connectivity index (χ3v) is 4.53. The molecular formula is C13H11NS2. The van der Waals surface area contributed by atoms with Crippen LogP contribution in [-0.2, 0) is 0 Å². The fraction of sp³-hybridized carbons (Fsp3) is 0.154. The highest BCUT2D eigenvalue weighted by molar-refractivity contribution is 8.01. The summed E-state index contributed by atoms with van der Waals surface area (Å²) < 4.78 is 1.27. The third kappa shape index (κ3) is 2.88. The Morgan fingerprint density at radius 2 is 2.00 bits per heavy atom. The van der Waals surface area contributed by atoms with Crippen molar-refractivity contribution in [1.29, 1.82) is 5.26 Å². The maximum absolute atomic E-state index is 8.87. The van der Waals surface area contributed by atoms with Crippen molar-refractivity contribution in [2.45, 2.75) is 15.9 Å². The first-order valence-corrected chi connectivity index (χ1v) is 6.78. The van der Waals surface area contributed by atoms with E-state index in [9.17, 15) is 0 Å². The Labute approximate surface area is 104 Å². The Hall–Kier alpha value is -1.24. The highest BCUT2D eigenvalue weighted by atomic mass is 32.2. The van der Waals surface area contributed by atoms with Gasteiger partial charge in [-0.05, 0) is 17.0 Å². The minimum Gasteiger partial charge on any atom is -0.198 e. The summed E-state index contributed by atoms with van der Waals surface area (Å²) in [5.41, 5.74) is 1.22. The molecule has 1 aromatic heterocycles. The lowest BCUT2D eigenvalue weighted by atomic mass is 10.1. The fourth-order valence-electron chi connectivity index (χ4n) is 1.45. The molecule has 0 amide bonds. The zero-order valence-electron chi connectivity index (χ0n) is 8.67. The first kappa shape index (κ1) is 11.3. The molecule has 2 rings (SSSR count). The Morgan fingerprint density at radius 3 is 2.62 bits per heavy atom. The van der Waals surface area contributed by atoms with E-state index < -0.39 is 0 Å². The van der Waals surface area contributed by atoms with E-state index >= 15 is 0 Å². The van der Waals surface area contributed by atoms with Gasteiger partial charge in [0.2, 0.25) is 0 Å². The molecule has 0 aliphatic carbocycles. The zero-order chi connectivity index (χ0) is 11.2. The normalized spacial score (nSPS) is 11.9. The van der Waals surface area contributed by atoms with Gasteiger partial charge in [-0.1, -0.05) is 36.4 Å². The van der Waals surface area contributed by atoms with Gasteiger partial charge in [-0.2, -0.15) is 5.26 Å². The van der Waals surface area contributed by atoms with E-state index in [1.54, 1.807) is 23.1 Å². The van der Waals surface area contributed by atoms with Crippen LogP contribution in [0.2, 0.25) is 0 Å². The van der Waals surface area contributed by atoms with Crippen molar-refractivity contribution in [2.24, 2.45) is 0 Å². The Kier molecular flexibility index (Phi) is 4.03. The summed E-state index contributed by atoms with van der Waals surface area (Å²) in [6, 6.07) is 16.6. The van der Waals surface area contributed by atoms with Gasteiger partial charge in [0.05, 0.1) is 16.7 Å². The van der Waals surface area contributed by atoms with Gasteiger partial charge in [0, 0.05) is 5.25 Å². The fourth-order valence-corrected chi connectivity index (χ4v) is 3.52. The summed E-state index contributed by atoms with van der Waals surface area (Å²) in [4.78, 5) is 0. The lowest BCUT2D eigenvalue weighted by Gasteiger charge is -2.12. The van der Waals surface area contributed by atoms with Crippen molar-refractivity contribution in [2.75, 3.05) is 0 Å². The molecule has 0 aliphatic rings. The summed E-state index contributed by atoms with van der Waals surface area (Å²) in [6.45, 7) is 0. The van der Waals surface area contributed by atoms with Crippen LogP contribution < -0.4 is 0 Å². The van der Waals surface area contributed by atoms with Gasteiger partial charge in [-0.3, -0.25) is 0 Å². The topological polar surface area (TPSA) is 23.8 Å². The third-order valence-electron chi connectivity index (χ3n) is 2.20. The molecule has 0 bridgehead atoms. The predicted octanol–water partition coefficient (Wildman–Crippen LogP) is 4.50. The minimum atomic E-state index is 0.241. The van der Waals surface area contributed by atoms with Gasteiger partial charge in [0.1, 0.15) is 0 Å². The molecule has 80 valence electrons. The maximum Gasteiger partial charge on any atom is 0.0637 e. The van der Waals surface area contributed by atoms with Crippen LogP contribution in [0.25, 0.3) is 0 Å². The van der Waals surface area contributed by atoms with Crippen molar-refractivity contribution >= 4 is 23.1 Å². The molecule has 0 radical (unpaired) electrons. The van der Waals surface area contributed by atoms with E-state index in [2.05, 4.69) is 29.6 Å². The van der Waals surface area contributed by atoms with Crippen LogP contribution in [0.4, 0.5) is 0 Å². The molecular weight excluding hydrogens is 234 g/mol. The first-order chi connectivity index (χ1) is 7.90. The van der Waals surface area contributed by atoms with Crippen molar-refractivity contribution in [1.82, 2.24) is 0 Å². The molecule has 0 N–H and O–H groups in total. The standard InChI is InChI=1S/C13H11NS2/c14-9-8-12(11-5-2-1-3-6-11)16-13-7-4-10-15-13/h1-7,10,12H,8H2. The second-order valence-electron chi connectivity index (χ2n) is 3.31. The largest absolute Gasteiger partial charge is 0.198 e. The number of benzene rings is 1. The van der Waals surface area contributed by atoms with Crippen LogP contribution in [0.15, 0.2) is 52.1 Å². The molecule has 1 atom stereocenters. The second kappa shape index (κ2) is 5.74. The Balaban J connectivity index is 2.15. The van der Waals surface area contributed by atoms with E-state index in [0.717, 1.165) is 0 Å². The molecule has 3 heteroatoms. The molecule has 1 nitrogen and oxygen atoms in total. The molecule has 0 fully saturated rings. The predicted molar refractivity (Wildman–Crippen MR) is 69.6 cm³/mol. The number of thiophene rings is 1. The van der Waals surface area contributed by atoms with Crippen molar-refractivity contribution in [3.63, 3.8) is 0 Å². The van der Waals surface area contributed by atoms with E-state index in [0.29, 0.717) is 6.42 Å². The van der Waals surface area contributed by atoms with Crippen LogP contribution in [0.5, 0.6) is 0 Å². The van der Waals surface area contributed by atoms with E-state index in [1.807, 2.05) is 24.3 Å². The van der Waals surface area contributed by atoms with Crippen molar-refractivity contribution < 1.29 is 0 Å². The molecule has 0 spiro atoms. The summed E-state index contributed by atoms with van der Waals surface area (Å²) in [6.07, 6.45) is 0.548. The SMILES string of the molecule is N#CCC(Sc1cccs1)c1ccccc1. The summed E-state index contributed by atoms with van der Waals surface area (Å²) in [5.74, 6) is 0. The van der Waals surface area contributed by atoms with Crippen LogP contribution in [0, 0.1) is 11.3 Å². The number of rotatable bonds is 4. The lowest BCUT2D eigenvalue weighted by molar-refractivity contribution is 0.980. The molecule has 1 heterocycles. The molecule has 0 aliphatic heterocycles. The quantitative estimate of drug-likeness (QED) is 0.741. The lowest BCUT2D eigenvalue weighted by Crippen LogP contribution is -1.91. The van der Waals surface area contributed by atoms with Crippen LogP contribution >= 0.6 is 23.1 Å². The van der Waals surface area contributed by atoms with Gasteiger partial charge in [0.15, 0.2) is 0 Å². The molecule has 16 heavy (non-hydrogen) atoms. The minimum absolute atomic E-state index is 0.241. The molecule has 2 aromatic rings. The number of nitrogens with zero attached hydrogens (tertiary/aromatic N) is 1. The number of thioether (sulfide) groups is 1. The highest BCUT2D eigenvalue weighted by Crippen LogP contribution is 2.39. The monoisotopic (exact) mass is 245 g/mol. The average molecular weight is 245 g/mol. The number of nitriles is 1. The van der Waals surface area contributed by atoms with Crippen LogP contribution in [-0.4, -0.2) is 0 Å². The highest BCUT2D eigenvalue weighted by Gasteiger charge is 2.12. The van der Waals surface area contributed by atoms with Gasteiger partial charge < -0.3 is 0 Å². The average Bonchev–Trinajstić information content (AvgIpc) is 2.83. The number of hydrogen-bond acceptors (Lipinski definition) is 3. The van der Waals surface area contributed by atoms with E-state index in [-0.39, 0.29) is 5.25 Å². The van der Waals surface area contributed by atoms with Crippen molar-refractivity contribution in [3.8, 4) is 6.07 Å². The molecule has 0 saturated heterocycles. The Bertz CT molecular complexity index is 456. The van der Waals surface area contributed by atoms with Gasteiger partial charge in [-0.15, -0.1) is 23.1 Å². The Morgan fingerprint density at radius 1 is 1.19 bits per heavy atom. The number of hydrogen-bond donors (Lipinski definition) is 0. The summed E-state index contributed by atoms with van der Waals surface area (Å²) >= 11 is 3.49. The smallest absolute Gasteiger partial charge is 0.0637 e. The van der Waals surface area contributed by atoms with E-state index in [4.69, 9.17) is 5.26 Å². The van der Waals surface area contributed by atoms with Gasteiger partial charge in [-0.25, -0.2) is 0 Å². The first-order valence-electron chi connectivity index (χ1n) is 5.02. The maximum atomic E-state index is 8.87. The molecule has 1 aromatic carbocycles. The molecule has 1 unspecified atom stereocenters. The van der Waals surface area contributed by atoms with Gasteiger partial charge in [0.25, 0.3) is 0 Å². The molecule has 0 saturated carbocycles. The summed E-state index contributed by atoms with van der Waals surface area (Å²) in [5, 5.41) is 11.2. The van der Waals surface area contributed by atoms with Crippen LogP contribution in [0.1, 0.15) is 17.2 Å². The van der Waals surface area contributed by atoms with Gasteiger partial charge >= 0.3 is 0 Å². The summed E-state index contributed by atoms with van der Waals surface area (Å²) in [7, 11) is 0. The van der Waals surface area contributed by atoms with E-state index in [1.165, 1.54) is 9.77 Å².